The summed E-state index contributed by atoms with van der Waals surface area (Å²) in [5.41, 5.74) is 1.60. The minimum atomic E-state index is -0.318. The van der Waals surface area contributed by atoms with Crippen LogP contribution in [0.2, 0.25) is 0 Å². The third kappa shape index (κ3) is 4.97. The molecule has 144 valence electrons. The third-order valence-electron chi connectivity index (χ3n) is 4.22. The van der Waals surface area contributed by atoms with Crippen LogP contribution >= 0.6 is 11.3 Å². The number of piperazine rings is 1. The Morgan fingerprint density at radius 3 is 2.37 bits per heavy atom. The van der Waals surface area contributed by atoms with E-state index in [4.69, 9.17) is 9.47 Å². The average Bonchev–Trinajstić information content (AvgIpc) is 3.12. The maximum atomic E-state index is 12.6. The standard InChI is InChI=1S/C19H23N3O4S/c1-3-25-19(24)22-10-8-21(9-11-22)18(23)15-4-6-16(7-5-15)26-12-17-20-14(2)13-27-17/h4-7,13H,3,8-12H2,1-2H3. The number of carbonyl (C=O) groups excluding carboxylic acids is 2. The molecule has 2 heterocycles. The highest BCUT2D eigenvalue weighted by molar-refractivity contribution is 7.09. The molecule has 1 aromatic heterocycles. The van der Waals surface area contributed by atoms with Gasteiger partial charge in [0.1, 0.15) is 17.4 Å². The van der Waals surface area contributed by atoms with Crippen LogP contribution in [0.15, 0.2) is 29.6 Å². The van der Waals surface area contributed by atoms with Crippen molar-refractivity contribution in [2.45, 2.75) is 20.5 Å². The van der Waals surface area contributed by atoms with Gasteiger partial charge in [0.2, 0.25) is 0 Å². The zero-order valence-corrected chi connectivity index (χ0v) is 16.3. The summed E-state index contributed by atoms with van der Waals surface area (Å²) in [6.45, 7) is 6.47. The van der Waals surface area contributed by atoms with E-state index in [0.717, 1.165) is 10.7 Å². The molecule has 8 heteroatoms. The molecule has 7 nitrogen and oxygen atoms in total. The molecule has 0 radical (unpaired) electrons. The number of aromatic nitrogens is 1. The highest BCUT2D eigenvalue weighted by Crippen LogP contribution is 2.17. The number of carbonyl (C=O) groups is 2. The van der Waals surface area contributed by atoms with Gasteiger partial charge in [-0.3, -0.25) is 4.79 Å². The summed E-state index contributed by atoms with van der Waals surface area (Å²) in [6.07, 6.45) is -0.318. The van der Waals surface area contributed by atoms with Crippen molar-refractivity contribution in [1.29, 1.82) is 0 Å². The second kappa shape index (κ2) is 8.85. The third-order valence-corrected chi connectivity index (χ3v) is 5.16. The molecule has 0 bridgehead atoms. The Balaban J connectivity index is 1.51. The number of benzene rings is 1. The monoisotopic (exact) mass is 389 g/mol. The van der Waals surface area contributed by atoms with Crippen molar-refractivity contribution < 1.29 is 19.1 Å². The van der Waals surface area contributed by atoms with Gasteiger partial charge in [0.25, 0.3) is 5.91 Å². The lowest BCUT2D eigenvalue weighted by Crippen LogP contribution is -2.50. The van der Waals surface area contributed by atoms with Gasteiger partial charge in [0, 0.05) is 42.8 Å². The Morgan fingerprint density at radius 1 is 1.11 bits per heavy atom. The smallest absolute Gasteiger partial charge is 0.409 e. The zero-order chi connectivity index (χ0) is 19.2. The summed E-state index contributed by atoms with van der Waals surface area (Å²) in [7, 11) is 0. The largest absolute Gasteiger partial charge is 0.486 e. The molecular formula is C19H23N3O4S. The predicted molar refractivity (Wildman–Crippen MR) is 102 cm³/mol. The van der Waals surface area contributed by atoms with Crippen LogP contribution in [0.3, 0.4) is 0 Å². The van der Waals surface area contributed by atoms with E-state index in [1.165, 1.54) is 0 Å². The number of hydrogen-bond acceptors (Lipinski definition) is 6. The van der Waals surface area contributed by atoms with E-state index >= 15 is 0 Å². The molecule has 0 unspecified atom stereocenters. The van der Waals surface area contributed by atoms with Crippen molar-refractivity contribution in [3.8, 4) is 5.75 Å². The Kier molecular flexibility index (Phi) is 6.28. The molecule has 0 N–H and O–H groups in total. The maximum Gasteiger partial charge on any atom is 0.409 e. The molecule has 1 aromatic carbocycles. The molecule has 1 aliphatic rings. The summed E-state index contributed by atoms with van der Waals surface area (Å²) >= 11 is 1.57. The van der Waals surface area contributed by atoms with Crippen molar-refractivity contribution in [1.82, 2.24) is 14.8 Å². The molecule has 0 saturated carbocycles. The van der Waals surface area contributed by atoms with E-state index in [2.05, 4.69) is 4.98 Å². The van der Waals surface area contributed by atoms with Crippen LogP contribution in [0.25, 0.3) is 0 Å². The van der Waals surface area contributed by atoms with Crippen LogP contribution < -0.4 is 4.74 Å². The quantitative estimate of drug-likeness (QED) is 0.786. The number of aryl methyl sites for hydroxylation is 1. The first kappa shape index (κ1) is 19.2. The van der Waals surface area contributed by atoms with Crippen LogP contribution in [-0.2, 0) is 11.3 Å². The average molecular weight is 389 g/mol. The summed E-state index contributed by atoms with van der Waals surface area (Å²) in [5.74, 6) is 0.659. The lowest BCUT2D eigenvalue weighted by Gasteiger charge is -2.34. The summed E-state index contributed by atoms with van der Waals surface area (Å²) in [4.78, 5) is 32.1. The molecule has 2 aromatic rings. The summed E-state index contributed by atoms with van der Waals surface area (Å²) in [5, 5.41) is 2.91. The van der Waals surface area contributed by atoms with E-state index in [9.17, 15) is 9.59 Å². The number of rotatable bonds is 5. The van der Waals surface area contributed by atoms with Crippen LogP contribution in [0.5, 0.6) is 5.75 Å². The Bertz CT molecular complexity index is 783. The highest BCUT2D eigenvalue weighted by Gasteiger charge is 2.25. The van der Waals surface area contributed by atoms with Crippen molar-refractivity contribution in [3.63, 3.8) is 0 Å². The van der Waals surface area contributed by atoms with Gasteiger partial charge in [-0.15, -0.1) is 11.3 Å². The second-order valence-corrected chi connectivity index (χ2v) is 7.12. The van der Waals surface area contributed by atoms with Gasteiger partial charge in [-0.2, -0.15) is 0 Å². The van der Waals surface area contributed by atoms with Crippen molar-refractivity contribution in [2.75, 3.05) is 32.8 Å². The van der Waals surface area contributed by atoms with Crippen molar-refractivity contribution in [3.05, 3.63) is 45.9 Å². The zero-order valence-electron chi connectivity index (χ0n) is 15.5. The minimum absolute atomic E-state index is 0.0411. The minimum Gasteiger partial charge on any atom is -0.486 e. The molecule has 1 saturated heterocycles. The van der Waals surface area contributed by atoms with Gasteiger partial charge in [-0.05, 0) is 38.1 Å². The fourth-order valence-electron chi connectivity index (χ4n) is 2.80. The Labute approximate surface area is 162 Å². The number of nitrogens with zero attached hydrogens (tertiary/aromatic N) is 3. The number of thiazole rings is 1. The first-order valence-corrected chi connectivity index (χ1v) is 9.79. The van der Waals surface area contributed by atoms with E-state index in [-0.39, 0.29) is 12.0 Å². The highest BCUT2D eigenvalue weighted by atomic mass is 32.1. The molecule has 1 fully saturated rings. The number of hydrogen-bond donors (Lipinski definition) is 0. The molecule has 27 heavy (non-hydrogen) atoms. The molecule has 0 aliphatic carbocycles. The van der Waals surface area contributed by atoms with Gasteiger partial charge in [0.15, 0.2) is 0 Å². The summed E-state index contributed by atoms with van der Waals surface area (Å²) in [6, 6.07) is 7.12. The topological polar surface area (TPSA) is 72.0 Å². The van der Waals surface area contributed by atoms with Crippen LogP contribution in [-0.4, -0.2) is 59.6 Å². The molecule has 3 rings (SSSR count). The fraction of sp³-hybridized carbons (Fsp3) is 0.421. The van der Waals surface area contributed by atoms with Crippen LogP contribution in [0, 0.1) is 6.92 Å². The van der Waals surface area contributed by atoms with Crippen molar-refractivity contribution >= 4 is 23.3 Å². The Morgan fingerprint density at radius 2 is 1.78 bits per heavy atom. The normalized spacial score (nSPS) is 14.1. The summed E-state index contributed by atoms with van der Waals surface area (Å²) < 4.78 is 10.7. The lowest BCUT2D eigenvalue weighted by molar-refractivity contribution is 0.0570. The van der Waals surface area contributed by atoms with Gasteiger partial charge in [-0.1, -0.05) is 0 Å². The fourth-order valence-corrected chi connectivity index (χ4v) is 3.48. The van der Waals surface area contributed by atoms with Gasteiger partial charge >= 0.3 is 6.09 Å². The van der Waals surface area contributed by atoms with Crippen LogP contribution in [0.4, 0.5) is 4.79 Å². The van der Waals surface area contributed by atoms with Gasteiger partial charge < -0.3 is 19.3 Å². The second-order valence-electron chi connectivity index (χ2n) is 6.17. The number of amides is 2. The van der Waals surface area contributed by atoms with Crippen LogP contribution in [0.1, 0.15) is 28.0 Å². The van der Waals surface area contributed by atoms with Crippen molar-refractivity contribution in [2.24, 2.45) is 0 Å². The van der Waals surface area contributed by atoms with Gasteiger partial charge in [0.05, 0.1) is 6.61 Å². The molecular weight excluding hydrogens is 366 g/mol. The van der Waals surface area contributed by atoms with Gasteiger partial charge in [-0.25, -0.2) is 9.78 Å². The molecule has 0 spiro atoms. The first-order valence-electron chi connectivity index (χ1n) is 8.91. The van der Waals surface area contributed by atoms with E-state index < -0.39 is 0 Å². The van der Waals surface area contributed by atoms with E-state index in [1.54, 1.807) is 52.3 Å². The first-order chi connectivity index (χ1) is 13.1. The maximum absolute atomic E-state index is 12.6. The van der Waals surface area contributed by atoms with E-state index in [0.29, 0.717) is 50.7 Å². The SMILES string of the molecule is CCOC(=O)N1CCN(C(=O)c2ccc(OCc3nc(C)cs3)cc2)CC1. The Hall–Kier alpha value is -2.61. The molecule has 1 aliphatic heterocycles. The van der Waals surface area contributed by atoms with E-state index in [1.807, 2.05) is 12.3 Å². The lowest BCUT2D eigenvalue weighted by atomic mass is 10.1. The molecule has 0 atom stereocenters. The molecule has 2 amide bonds. The predicted octanol–water partition coefficient (Wildman–Crippen LogP) is 2.94. The number of ether oxygens (including phenoxy) is 2.